The van der Waals surface area contributed by atoms with Gasteiger partial charge in [-0.05, 0) is 42.7 Å². The van der Waals surface area contributed by atoms with E-state index in [9.17, 15) is 0 Å². The van der Waals surface area contributed by atoms with Crippen molar-refractivity contribution in [2.75, 3.05) is 0 Å². The van der Waals surface area contributed by atoms with Crippen LogP contribution >= 0.6 is 0 Å². The summed E-state index contributed by atoms with van der Waals surface area (Å²) >= 11 is 0. The second kappa shape index (κ2) is 4.64. The maximum Gasteiger partial charge on any atom is -0.00142 e. The van der Waals surface area contributed by atoms with Crippen LogP contribution in [0.4, 0.5) is 0 Å². The highest BCUT2D eigenvalue weighted by Gasteiger charge is 2.21. The number of hydrogen-bond donors (Lipinski definition) is 0. The monoisotopic (exact) mass is 178 g/mol. The van der Waals surface area contributed by atoms with Crippen LogP contribution < -0.4 is 0 Å². The van der Waals surface area contributed by atoms with Crippen molar-refractivity contribution in [2.24, 2.45) is 5.92 Å². The van der Waals surface area contributed by atoms with Crippen LogP contribution in [0.3, 0.4) is 0 Å². The molecule has 74 valence electrons. The number of hydrogen-bond acceptors (Lipinski definition) is 0. The van der Waals surface area contributed by atoms with Crippen molar-refractivity contribution in [3.63, 3.8) is 0 Å². The first-order valence-corrected chi connectivity index (χ1v) is 5.71. The number of allylic oxidation sites excluding steroid dienone is 4. The molecule has 0 N–H and O–H groups in total. The van der Waals surface area contributed by atoms with Crippen LogP contribution in [-0.4, -0.2) is 0 Å². The van der Waals surface area contributed by atoms with Crippen molar-refractivity contribution in [1.29, 1.82) is 0 Å². The Morgan fingerprint density at radius 2 is 1.69 bits per heavy atom. The SMILES string of the molecule is CCC1=CC(CC)C(CC)=C1CC. The minimum atomic E-state index is 0.759. The molecule has 0 aromatic heterocycles. The van der Waals surface area contributed by atoms with Crippen molar-refractivity contribution in [2.45, 2.75) is 53.4 Å². The summed E-state index contributed by atoms with van der Waals surface area (Å²) in [7, 11) is 0. The molecule has 0 bridgehead atoms. The van der Waals surface area contributed by atoms with Gasteiger partial charge in [0.25, 0.3) is 0 Å². The highest BCUT2D eigenvalue weighted by molar-refractivity contribution is 5.44. The van der Waals surface area contributed by atoms with Gasteiger partial charge in [-0.25, -0.2) is 0 Å². The fourth-order valence-corrected chi connectivity index (χ4v) is 2.50. The minimum Gasteiger partial charge on any atom is -0.0739 e. The molecule has 0 aliphatic heterocycles. The Balaban J connectivity index is 2.96. The zero-order chi connectivity index (χ0) is 9.84. The maximum atomic E-state index is 2.50. The van der Waals surface area contributed by atoms with Gasteiger partial charge >= 0.3 is 0 Å². The van der Waals surface area contributed by atoms with E-state index in [1.165, 1.54) is 25.7 Å². The van der Waals surface area contributed by atoms with Gasteiger partial charge in [0.1, 0.15) is 0 Å². The molecule has 1 aliphatic carbocycles. The summed E-state index contributed by atoms with van der Waals surface area (Å²) in [5.74, 6) is 0.759. The fraction of sp³-hybridized carbons (Fsp3) is 0.692. The molecule has 0 spiro atoms. The van der Waals surface area contributed by atoms with Crippen molar-refractivity contribution in [3.8, 4) is 0 Å². The normalized spacial score (nSPS) is 22.5. The molecular formula is C13H22. The van der Waals surface area contributed by atoms with Crippen molar-refractivity contribution >= 4 is 0 Å². The van der Waals surface area contributed by atoms with Gasteiger partial charge < -0.3 is 0 Å². The Bertz CT molecular complexity index is 230. The summed E-state index contributed by atoms with van der Waals surface area (Å²) < 4.78 is 0. The van der Waals surface area contributed by atoms with Gasteiger partial charge in [0, 0.05) is 0 Å². The van der Waals surface area contributed by atoms with E-state index in [2.05, 4.69) is 33.8 Å². The summed E-state index contributed by atoms with van der Waals surface area (Å²) in [6.07, 6.45) is 7.44. The summed E-state index contributed by atoms with van der Waals surface area (Å²) in [6, 6.07) is 0. The van der Waals surface area contributed by atoms with Crippen molar-refractivity contribution in [3.05, 3.63) is 22.8 Å². The lowest BCUT2D eigenvalue weighted by Crippen LogP contribution is -1.96. The molecule has 0 radical (unpaired) electrons. The molecule has 0 nitrogen and oxygen atoms in total. The van der Waals surface area contributed by atoms with Gasteiger partial charge in [-0.1, -0.05) is 39.3 Å². The lowest BCUT2D eigenvalue weighted by atomic mass is 9.94. The molecular weight excluding hydrogens is 156 g/mol. The molecule has 1 unspecified atom stereocenters. The van der Waals surface area contributed by atoms with Crippen LogP contribution in [0.15, 0.2) is 22.8 Å². The third-order valence-corrected chi connectivity index (χ3v) is 3.18. The first-order chi connectivity index (χ1) is 6.28. The highest BCUT2D eigenvalue weighted by Crippen LogP contribution is 2.37. The molecule has 1 atom stereocenters. The summed E-state index contributed by atoms with van der Waals surface area (Å²) in [4.78, 5) is 0. The van der Waals surface area contributed by atoms with Crippen molar-refractivity contribution < 1.29 is 0 Å². The maximum absolute atomic E-state index is 2.50. The molecule has 0 fully saturated rings. The topological polar surface area (TPSA) is 0 Å². The second-order valence-electron chi connectivity index (χ2n) is 3.77. The van der Waals surface area contributed by atoms with E-state index in [0.29, 0.717) is 0 Å². The smallest absolute Gasteiger partial charge is 0.00142 e. The van der Waals surface area contributed by atoms with Crippen molar-refractivity contribution in [1.82, 2.24) is 0 Å². The van der Waals surface area contributed by atoms with E-state index in [4.69, 9.17) is 0 Å². The zero-order valence-electron chi connectivity index (χ0n) is 9.48. The van der Waals surface area contributed by atoms with E-state index >= 15 is 0 Å². The van der Waals surface area contributed by atoms with Crippen LogP contribution in [0.1, 0.15) is 53.4 Å². The third kappa shape index (κ3) is 1.87. The fourth-order valence-electron chi connectivity index (χ4n) is 2.50. The minimum absolute atomic E-state index is 0.759. The quantitative estimate of drug-likeness (QED) is 0.595. The largest absolute Gasteiger partial charge is 0.0739 e. The Kier molecular flexibility index (Phi) is 3.77. The van der Waals surface area contributed by atoms with Gasteiger partial charge in [0.15, 0.2) is 0 Å². The van der Waals surface area contributed by atoms with Gasteiger partial charge in [-0.3, -0.25) is 0 Å². The van der Waals surface area contributed by atoms with Gasteiger partial charge in [0.2, 0.25) is 0 Å². The predicted molar refractivity (Wildman–Crippen MR) is 59.8 cm³/mol. The van der Waals surface area contributed by atoms with Crippen LogP contribution in [0.5, 0.6) is 0 Å². The van der Waals surface area contributed by atoms with Crippen LogP contribution in [0, 0.1) is 5.92 Å². The Morgan fingerprint density at radius 3 is 2.08 bits per heavy atom. The summed E-state index contributed by atoms with van der Waals surface area (Å²) in [5, 5.41) is 0. The first-order valence-electron chi connectivity index (χ1n) is 5.71. The van der Waals surface area contributed by atoms with E-state index in [0.717, 1.165) is 5.92 Å². The third-order valence-electron chi connectivity index (χ3n) is 3.18. The Morgan fingerprint density at radius 1 is 1.00 bits per heavy atom. The lowest BCUT2D eigenvalue weighted by molar-refractivity contribution is 0.704. The standard InChI is InChI=1S/C13H22/c1-5-10-9-11(6-2)13(8-4)12(10)7-3/h9-10H,5-8H2,1-4H3. The van der Waals surface area contributed by atoms with E-state index < -0.39 is 0 Å². The average molecular weight is 178 g/mol. The van der Waals surface area contributed by atoms with Gasteiger partial charge in [-0.2, -0.15) is 0 Å². The molecule has 13 heavy (non-hydrogen) atoms. The first kappa shape index (κ1) is 10.6. The molecule has 1 rings (SSSR count). The zero-order valence-corrected chi connectivity index (χ0v) is 9.48. The molecule has 1 aliphatic rings. The molecule has 0 aromatic rings. The van der Waals surface area contributed by atoms with Crippen LogP contribution in [-0.2, 0) is 0 Å². The predicted octanol–water partition coefficient (Wildman–Crippen LogP) is 4.48. The van der Waals surface area contributed by atoms with E-state index in [1.807, 2.05) is 0 Å². The van der Waals surface area contributed by atoms with E-state index in [-0.39, 0.29) is 0 Å². The molecule has 0 aromatic carbocycles. The number of rotatable bonds is 4. The molecule has 0 saturated carbocycles. The van der Waals surface area contributed by atoms with Gasteiger partial charge in [0.05, 0.1) is 0 Å². The van der Waals surface area contributed by atoms with Crippen LogP contribution in [0.25, 0.3) is 0 Å². The second-order valence-corrected chi connectivity index (χ2v) is 3.77. The molecule has 0 heteroatoms. The summed E-state index contributed by atoms with van der Waals surface area (Å²) in [5.41, 5.74) is 4.99. The van der Waals surface area contributed by atoms with Crippen LogP contribution in [0.2, 0.25) is 0 Å². The average Bonchev–Trinajstić information content (AvgIpc) is 2.54. The van der Waals surface area contributed by atoms with E-state index in [1.54, 1.807) is 16.7 Å². The molecule has 0 amide bonds. The Labute approximate surface area is 82.7 Å². The van der Waals surface area contributed by atoms with Gasteiger partial charge in [-0.15, -0.1) is 0 Å². The molecule has 0 heterocycles. The lowest BCUT2D eigenvalue weighted by Gasteiger charge is -2.11. The Hall–Kier alpha value is -0.520. The highest BCUT2D eigenvalue weighted by atomic mass is 14.3. The summed E-state index contributed by atoms with van der Waals surface area (Å²) in [6.45, 7) is 9.14. The molecule has 0 saturated heterocycles.